The van der Waals surface area contributed by atoms with E-state index in [0.29, 0.717) is 6.04 Å². The molecule has 2 N–H and O–H groups in total. The van der Waals surface area contributed by atoms with Gasteiger partial charge in [-0.25, -0.2) is 0 Å². The van der Waals surface area contributed by atoms with Crippen LogP contribution in [0.4, 0.5) is 0 Å². The third-order valence-electron chi connectivity index (χ3n) is 4.61. The van der Waals surface area contributed by atoms with Gasteiger partial charge in [-0.1, -0.05) is 24.6 Å². The number of piperidine rings is 1. The van der Waals surface area contributed by atoms with E-state index >= 15 is 0 Å². The molecule has 0 radical (unpaired) electrons. The number of likely N-dealkylation sites (tertiary alicyclic amines) is 1. The Balaban J connectivity index is 1.78. The fourth-order valence-corrected chi connectivity index (χ4v) is 3.58. The van der Waals surface area contributed by atoms with Gasteiger partial charge in [0.2, 0.25) is 0 Å². The molecule has 1 heterocycles. The predicted molar refractivity (Wildman–Crippen MR) is 93.2 cm³/mol. The van der Waals surface area contributed by atoms with Gasteiger partial charge < -0.3 is 15.0 Å². The lowest BCUT2D eigenvalue weighted by Crippen LogP contribution is -3.13. The summed E-state index contributed by atoms with van der Waals surface area (Å²) in [6, 6.07) is 4.49. The molecule has 0 aromatic heterocycles. The molecule has 23 heavy (non-hydrogen) atoms. The number of aryl methyl sites for hydroxylation is 3. The summed E-state index contributed by atoms with van der Waals surface area (Å²) in [6.45, 7) is 12.0. The second kappa shape index (κ2) is 8.34. The molecular weight excluding hydrogens is 288 g/mol. The third-order valence-corrected chi connectivity index (χ3v) is 4.61. The molecule has 1 aliphatic rings. The minimum atomic E-state index is -0.00619. The number of nitrogens with one attached hydrogen (secondary N) is 2. The van der Waals surface area contributed by atoms with Gasteiger partial charge in [0.15, 0.2) is 6.61 Å². The summed E-state index contributed by atoms with van der Waals surface area (Å²) in [4.78, 5) is 13.8. The zero-order valence-electron chi connectivity index (χ0n) is 15.0. The van der Waals surface area contributed by atoms with E-state index in [4.69, 9.17) is 4.74 Å². The molecule has 0 atom stereocenters. The molecule has 4 nitrogen and oxygen atoms in total. The Morgan fingerprint density at radius 1 is 1.22 bits per heavy atom. The normalized spacial score (nSPS) is 21.0. The lowest BCUT2D eigenvalue weighted by Gasteiger charge is -2.29. The minimum absolute atomic E-state index is 0.00619. The van der Waals surface area contributed by atoms with E-state index in [1.807, 2.05) is 13.8 Å². The summed E-state index contributed by atoms with van der Waals surface area (Å²) in [5, 5.41) is 3.12. The van der Waals surface area contributed by atoms with E-state index in [0.717, 1.165) is 42.8 Å². The van der Waals surface area contributed by atoms with Crippen LogP contribution < -0.4 is 15.0 Å². The average Bonchev–Trinajstić information content (AvgIpc) is 2.48. The van der Waals surface area contributed by atoms with Crippen LogP contribution in [0.1, 0.15) is 42.9 Å². The first-order valence-electron chi connectivity index (χ1n) is 8.83. The number of rotatable bonds is 6. The first-order chi connectivity index (χ1) is 11.0. The number of amides is 1. The SMILES string of the molecule is CCC[NH+]1CCC(NC(=O)COc2c(C)cc(C)cc2C)CC1. The molecular formula is C19H31N2O2+. The number of carbonyl (C=O) groups is 1. The summed E-state index contributed by atoms with van der Waals surface area (Å²) in [5.41, 5.74) is 3.40. The van der Waals surface area contributed by atoms with Crippen molar-refractivity contribution in [2.45, 2.75) is 53.0 Å². The molecule has 1 saturated heterocycles. The second-order valence-corrected chi connectivity index (χ2v) is 6.86. The summed E-state index contributed by atoms with van der Waals surface area (Å²) < 4.78 is 5.77. The van der Waals surface area contributed by atoms with Crippen molar-refractivity contribution in [2.75, 3.05) is 26.2 Å². The highest BCUT2D eigenvalue weighted by molar-refractivity contribution is 5.78. The number of ether oxygens (including phenoxy) is 1. The van der Waals surface area contributed by atoms with Gasteiger partial charge in [-0.3, -0.25) is 4.79 Å². The Hall–Kier alpha value is -1.55. The number of hydrogen-bond donors (Lipinski definition) is 2. The molecule has 0 aliphatic carbocycles. The smallest absolute Gasteiger partial charge is 0.258 e. The van der Waals surface area contributed by atoms with E-state index in [9.17, 15) is 4.79 Å². The fraction of sp³-hybridized carbons (Fsp3) is 0.632. The first kappa shape index (κ1) is 17.8. The van der Waals surface area contributed by atoms with Crippen LogP contribution in [-0.2, 0) is 4.79 Å². The highest BCUT2D eigenvalue weighted by Crippen LogP contribution is 2.24. The van der Waals surface area contributed by atoms with Gasteiger partial charge in [0.05, 0.1) is 19.6 Å². The predicted octanol–water partition coefficient (Wildman–Crippen LogP) is 1.56. The molecule has 1 aromatic rings. The van der Waals surface area contributed by atoms with Crippen LogP contribution in [0.5, 0.6) is 5.75 Å². The summed E-state index contributed by atoms with van der Waals surface area (Å²) in [5.74, 6) is 0.835. The fourth-order valence-electron chi connectivity index (χ4n) is 3.58. The standard InChI is InChI=1S/C19H30N2O2/c1-5-8-21-9-6-17(7-10-21)20-18(22)13-23-19-15(3)11-14(2)12-16(19)4/h11-12,17H,5-10,13H2,1-4H3,(H,20,22)/p+1. The summed E-state index contributed by atoms with van der Waals surface area (Å²) in [6.07, 6.45) is 3.38. The quantitative estimate of drug-likeness (QED) is 0.836. The number of carbonyl (C=O) groups excluding carboxylic acids is 1. The van der Waals surface area contributed by atoms with E-state index in [-0.39, 0.29) is 12.5 Å². The zero-order valence-corrected chi connectivity index (χ0v) is 15.0. The van der Waals surface area contributed by atoms with Crippen molar-refractivity contribution in [3.63, 3.8) is 0 Å². The summed E-state index contributed by atoms with van der Waals surface area (Å²) in [7, 11) is 0. The van der Waals surface area contributed by atoms with E-state index in [1.54, 1.807) is 4.90 Å². The van der Waals surface area contributed by atoms with E-state index in [1.165, 1.54) is 18.5 Å². The molecule has 1 aromatic carbocycles. The Morgan fingerprint density at radius 3 is 2.39 bits per heavy atom. The van der Waals surface area contributed by atoms with Crippen molar-refractivity contribution in [3.8, 4) is 5.75 Å². The zero-order chi connectivity index (χ0) is 16.8. The van der Waals surface area contributed by atoms with Crippen LogP contribution in [0.15, 0.2) is 12.1 Å². The molecule has 2 rings (SSSR count). The van der Waals surface area contributed by atoms with Gasteiger partial charge >= 0.3 is 0 Å². The molecule has 0 spiro atoms. The average molecular weight is 319 g/mol. The Labute approximate surface area is 140 Å². The lowest BCUT2D eigenvalue weighted by molar-refractivity contribution is -0.905. The van der Waals surface area contributed by atoms with Gasteiger partial charge in [-0.2, -0.15) is 0 Å². The summed E-state index contributed by atoms with van der Waals surface area (Å²) >= 11 is 0. The van der Waals surface area contributed by atoms with Gasteiger partial charge in [0, 0.05) is 18.9 Å². The van der Waals surface area contributed by atoms with Crippen molar-refractivity contribution in [2.24, 2.45) is 0 Å². The Kier molecular flexibility index (Phi) is 6.46. The molecule has 0 unspecified atom stereocenters. The van der Waals surface area contributed by atoms with Crippen molar-refractivity contribution < 1.29 is 14.4 Å². The molecule has 4 heteroatoms. The van der Waals surface area contributed by atoms with Crippen LogP contribution in [0.2, 0.25) is 0 Å². The van der Waals surface area contributed by atoms with E-state index in [2.05, 4.69) is 31.3 Å². The lowest BCUT2D eigenvalue weighted by atomic mass is 10.0. The number of hydrogen-bond acceptors (Lipinski definition) is 2. The van der Waals surface area contributed by atoms with Crippen LogP contribution in [0.25, 0.3) is 0 Å². The van der Waals surface area contributed by atoms with Crippen molar-refractivity contribution in [1.82, 2.24) is 5.32 Å². The van der Waals surface area contributed by atoms with E-state index < -0.39 is 0 Å². The highest BCUT2D eigenvalue weighted by Gasteiger charge is 2.22. The maximum atomic E-state index is 12.1. The van der Waals surface area contributed by atoms with Gasteiger partial charge in [-0.15, -0.1) is 0 Å². The van der Waals surface area contributed by atoms with Crippen molar-refractivity contribution in [1.29, 1.82) is 0 Å². The maximum absolute atomic E-state index is 12.1. The van der Waals surface area contributed by atoms with Crippen molar-refractivity contribution >= 4 is 5.91 Å². The number of quaternary nitrogens is 1. The van der Waals surface area contributed by atoms with Gasteiger partial charge in [0.1, 0.15) is 5.75 Å². The molecule has 1 fully saturated rings. The Bertz CT molecular complexity index is 511. The second-order valence-electron chi connectivity index (χ2n) is 6.86. The van der Waals surface area contributed by atoms with Crippen LogP contribution in [0, 0.1) is 20.8 Å². The monoisotopic (exact) mass is 319 g/mol. The van der Waals surface area contributed by atoms with Crippen LogP contribution >= 0.6 is 0 Å². The molecule has 1 amide bonds. The molecule has 1 aliphatic heterocycles. The van der Waals surface area contributed by atoms with Gasteiger partial charge in [0.25, 0.3) is 5.91 Å². The van der Waals surface area contributed by atoms with Crippen LogP contribution in [0.3, 0.4) is 0 Å². The number of benzene rings is 1. The topological polar surface area (TPSA) is 42.8 Å². The van der Waals surface area contributed by atoms with Crippen LogP contribution in [-0.4, -0.2) is 38.2 Å². The highest BCUT2D eigenvalue weighted by atomic mass is 16.5. The molecule has 0 bridgehead atoms. The Morgan fingerprint density at radius 2 is 1.83 bits per heavy atom. The van der Waals surface area contributed by atoms with Crippen molar-refractivity contribution in [3.05, 3.63) is 28.8 Å². The maximum Gasteiger partial charge on any atom is 0.258 e. The first-order valence-corrected chi connectivity index (χ1v) is 8.83. The molecule has 0 saturated carbocycles. The minimum Gasteiger partial charge on any atom is -0.483 e. The largest absolute Gasteiger partial charge is 0.483 e. The third kappa shape index (κ3) is 5.24. The molecule has 128 valence electrons. The van der Waals surface area contributed by atoms with Gasteiger partial charge in [-0.05, 0) is 38.3 Å².